The van der Waals surface area contributed by atoms with Crippen molar-refractivity contribution in [2.75, 3.05) is 6.26 Å². The SMILES string of the molecule is C/C=C1/CCC(N[S+](C)[O-])C(Cc2cccc(-c3ccccc3)c2)C1=N. The Bertz CT molecular complexity index is 786. The van der Waals surface area contributed by atoms with Gasteiger partial charge in [0.1, 0.15) is 6.26 Å². The highest BCUT2D eigenvalue weighted by Crippen LogP contribution is 2.30. The Morgan fingerprint density at radius 3 is 2.58 bits per heavy atom. The Labute approximate surface area is 159 Å². The van der Waals surface area contributed by atoms with Crippen LogP contribution in [0.2, 0.25) is 0 Å². The van der Waals surface area contributed by atoms with E-state index in [-0.39, 0.29) is 12.0 Å². The topological polar surface area (TPSA) is 58.9 Å². The first-order chi connectivity index (χ1) is 12.6. The fourth-order valence-electron chi connectivity index (χ4n) is 3.75. The predicted molar refractivity (Wildman–Crippen MR) is 111 cm³/mol. The van der Waals surface area contributed by atoms with Crippen LogP contribution in [0.4, 0.5) is 0 Å². The van der Waals surface area contributed by atoms with Crippen LogP contribution in [0.15, 0.2) is 66.2 Å². The average molecular weight is 367 g/mol. The summed E-state index contributed by atoms with van der Waals surface area (Å²) in [5.41, 5.74) is 5.42. The maximum absolute atomic E-state index is 11.7. The Hall–Kier alpha value is -1.88. The minimum Gasteiger partial charge on any atom is -0.598 e. The summed E-state index contributed by atoms with van der Waals surface area (Å²) >= 11 is -1.07. The number of hydrogen-bond donors (Lipinski definition) is 2. The summed E-state index contributed by atoms with van der Waals surface area (Å²) < 4.78 is 14.9. The fourth-order valence-corrected chi connectivity index (χ4v) is 4.46. The van der Waals surface area contributed by atoms with Crippen molar-refractivity contribution in [1.29, 1.82) is 5.41 Å². The summed E-state index contributed by atoms with van der Waals surface area (Å²) in [7, 11) is 0. The van der Waals surface area contributed by atoms with Crippen molar-refractivity contribution in [3.05, 3.63) is 71.8 Å². The van der Waals surface area contributed by atoms with Gasteiger partial charge in [-0.3, -0.25) is 0 Å². The minimum atomic E-state index is -1.07. The Balaban J connectivity index is 1.85. The van der Waals surface area contributed by atoms with E-state index in [2.05, 4.69) is 47.2 Å². The van der Waals surface area contributed by atoms with Crippen molar-refractivity contribution in [2.24, 2.45) is 5.92 Å². The second kappa shape index (κ2) is 8.67. The van der Waals surface area contributed by atoms with Crippen LogP contribution in [0, 0.1) is 11.3 Å². The lowest BCUT2D eigenvalue weighted by molar-refractivity contribution is 0.432. The van der Waals surface area contributed by atoms with Gasteiger partial charge in [0, 0.05) is 23.0 Å². The molecule has 2 aromatic carbocycles. The first-order valence-corrected chi connectivity index (χ1v) is 10.6. The monoisotopic (exact) mass is 366 g/mol. The molecule has 0 aliphatic heterocycles. The maximum Gasteiger partial charge on any atom is 0.115 e. The molecule has 1 fully saturated rings. The third-order valence-electron chi connectivity index (χ3n) is 5.08. The zero-order valence-electron chi connectivity index (χ0n) is 15.4. The summed E-state index contributed by atoms with van der Waals surface area (Å²) in [5.74, 6) is 0.0462. The molecule has 2 aromatic rings. The molecule has 0 saturated heterocycles. The van der Waals surface area contributed by atoms with Gasteiger partial charge in [0.25, 0.3) is 0 Å². The van der Waals surface area contributed by atoms with Crippen LogP contribution in [-0.4, -0.2) is 22.6 Å². The molecule has 0 radical (unpaired) electrons. The van der Waals surface area contributed by atoms with E-state index < -0.39 is 11.4 Å². The highest BCUT2D eigenvalue weighted by atomic mass is 32.2. The van der Waals surface area contributed by atoms with Crippen LogP contribution < -0.4 is 4.72 Å². The largest absolute Gasteiger partial charge is 0.598 e. The molecule has 1 aliphatic rings. The average Bonchev–Trinajstić information content (AvgIpc) is 2.65. The summed E-state index contributed by atoms with van der Waals surface area (Å²) in [4.78, 5) is 0. The van der Waals surface area contributed by atoms with Crippen molar-refractivity contribution in [3.63, 3.8) is 0 Å². The van der Waals surface area contributed by atoms with Crippen molar-refractivity contribution in [1.82, 2.24) is 4.72 Å². The van der Waals surface area contributed by atoms with E-state index in [0.29, 0.717) is 5.71 Å². The zero-order chi connectivity index (χ0) is 18.5. The van der Waals surface area contributed by atoms with Crippen LogP contribution in [0.3, 0.4) is 0 Å². The molecule has 136 valence electrons. The molecule has 26 heavy (non-hydrogen) atoms. The number of benzene rings is 2. The molecule has 0 bridgehead atoms. The molecule has 4 heteroatoms. The molecular weight excluding hydrogens is 340 g/mol. The summed E-state index contributed by atoms with van der Waals surface area (Å²) in [6.45, 7) is 2.00. The molecule has 0 heterocycles. The van der Waals surface area contributed by atoms with Crippen molar-refractivity contribution >= 4 is 17.1 Å². The predicted octanol–water partition coefficient (Wildman–Crippen LogP) is 4.52. The molecular formula is C22H26N2OS. The molecule has 0 aromatic heterocycles. The molecule has 0 spiro atoms. The first-order valence-electron chi connectivity index (χ1n) is 9.06. The highest BCUT2D eigenvalue weighted by molar-refractivity contribution is 7.88. The molecule has 3 nitrogen and oxygen atoms in total. The fraction of sp³-hybridized carbons (Fsp3) is 0.318. The van der Waals surface area contributed by atoms with Gasteiger partial charge in [-0.25, -0.2) is 0 Å². The smallest absolute Gasteiger partial charge is 0.115 e. The van der Waals surface area contributed by atoms with E-state index in [1.54, 1.807) is 6.26 Å². The minimum absolute atomic E-state index is 0.0462. The Kier molecular flexibility index (Phi) is 6.30. The van der Waals surface area contributed by atoms with Gasteiger partial charge in [0.2, 0.25) is 0 Å². The highest BCUT2D eigenvalue weighted by Gasteiger charge is 2.34. The maximum atomic E-state index is 11.7. The Morgan fingerprint density at radius 2 is 1.88 bits per heavy atom. The number of hydrogen-bond acceptors (Lipinski definition) is 3. The van der Waals surface area contributed by atoms with E-state index in [9.17, 15) is 4.55 Å². The van der Waals surface area contributed by atoms with Crippen LogP contribution in [0.25, 0.3) is 11.1 Å². The lowest BCUT2D eigenvalue weighted by Crippen LogP contribution is -2.46. The summed E-state index contributed by atoms with van der Waals surface area (Å²) in [6.07, 6.45) is 6.30. The van der Waals surface area contributed by atoms with Gasteiger partial charge in [-0.2, -0.15) is 0 Å². The molecule has 2 N–H and O–H groups in total. The van der Waals surface area contributed by atoms with Crippen LogP contribution in [-0.2, 0) is 17.8 Å². The number of rotatable bonds is 5. The third-order valence-corrected chi connectivity index (χ3v) is 5.72. The number of nitrogens with one attached hydrogen (secondary N) is 2. The Morgan fingerprint density at radius 1 is 1.15 bits per heavy atom. The molecule has 0 amide bonds. The number of allylic oxidation sites excluding steroid dienone is 2. The van der Waals surface area contributed by atoms with Crippen molar-refractivity contribution in [2.45, 2.75) is 32.2 Å². The molecule has 1 saturated carbocycles. The quantitative estimate of drug-likeness (QED) is 0.764. The second-order valence-corrected chi connectivity index (χ2v) is 7.97. The van der Waals surface area contributed by atoms with Gasteiger partial charge in [0.15, 0.2) is 0 Å². The van der Waals surface area contributed by atoms with Gasteiger partial charge in [0.05, 0.1) is 6.04 Å². The van der Waals surface area contributed by atoms with E-state index in [1.807, 2.05) is 25.1 Å². The van der Waals surface area contributed by atoms with Gasteiger partial charge in [-0.15, -0.1) is 4.72 Å². The van der Waals surface area contributed by atoms with E-state index in [4.69, 9.17) is 5.41 Å². The van der Waals surface area contributed by atoms with Gasteiger partial charge < -0.3 is 9.96 Å². The molecule has 3 unspecified atom stereocenters. The second-order valence-electron chi connectivity index (χ2n) is 6.82. The van der Waals surface area contributed by atoms with E-state index >= 15 is 0 Å². The van der Waals surface area contributed by atoms with Gasteiger partial charge in [-0.1, -0.05) is 60.7 Å². The van der Waals surface area contributed by atoms with Crippen molar-refractivity contribution in [3.8, 4) is 11.1 Å². The van der Waals surface area contributed by atoms with E-state index in [0.717, 1.165) is 24.8 Å². The first kappa shape index (κ1) is 18.9. The standard InChI is InChI=1S/C22H26N2OS/c1-3-17-12-13-21(24-26(2)25)20(22(17)23)15-16-8-7-11-19(14-16)18-9-5-4-6-10-18/h3-11,14,20-21,23-24H,12-13,15H2,1-2H3/b17-3-,23-22?. The zero-order valence-corrected chi connectivity index (χ0v) is 16.2. The molecule has 3 atom stereocenters. The third kappa shape index (κ3) is 4.44. The van der Waals surface area contributed by atoms with Crippen LogP contribution >= 0.6 is 0 Å². The van der Waals surface area contributed by atoms with Crippen LogP contribution in [0.5, 0.6) is 0 Å². The van der Waals surface area contributed by atoms with Gasteiger partial charge >= 0.3 is 0 Å². The van der Waals surface area contributed by atoms with Gasteiger partial charge in [-0.05, 0) is 48.4 Å². The molecule has 3 rings (SSSR count). The summed E-state index contributed by atoms with van der Waals surface area (Å²) in [5, 5.41) is 8.64. The van der Waals surface area contributed by atoms with E-state index in [1.165, 1.54) is 16.7 Å². The van der Waals surface area contributed by atoms with Crippen molar-refractivity contribution < 1.29 is 4.55 Å². The normalized spacial score (nSPS) is 23.2. The lowest BCUT2D eigenvalue weighted by atomic mass is 9.76. The molecule has 1 aliphatic carbocycles. The lowest BCUT2D eigenvalue weighted by Gasteiger charge is -2.33. The summed E-state index contributed by atoms with van der Waals surface area (Å²) in [6, 6.07) is 19.0. The van der Waals surface area contributed by atoms with Crippen LogP contribution in [0.1, 0.15) is 25.3 Å².